The summed E-state index contributed by atoms with van der Waals surface area (Å²) in [6.45, 7) is 14.4. The van der Waals surface area contributed by atoms with Gasteiger partial charge in [-0.25, -0.2) is 0 Å². The Balaban J connectivity index is 0.000000170. The number of aromatic nitrogens is 3. The number of hydrogen-bond donors (Lipinski definition) is 3. The molecular formula is C63H69N9O6. The molecule has 3 aromatic heterocycles. The maximum Gasteiger partial charge on any atom is 0.252 e. The maximum atomic E-state index is 12.8. The fourth-order valence-electron chi connectivity index (χ4n) is 10.1. The van der Waals surface area contributed by atoms with Crippen molar-refractivity contribution in [1.29, 1.82) is 0 Å². The lowest BCUT2D eigenvalue weighted by Crippen LogP contribution is -2.42. The number of carbonyl (C=O) groups is 6. The molecule has 0 bridgehead atoms. The molecule has 402 valence electrons. The van der Waals surface area contributed by atoms with Crippen LogP contribution in [0.1, 0.15) is 146 Å². The number of pyridine rings is 3. The second kappa shape index (κ2) is 26.4. The SMILES string of the molecule is C#C[C@@H]1CCCN1C(=O)CNC(=O)c1ccnc2cc(C(C)C)ccc12.C#C[C@@H]1CCCN1C(=O)CNC(=O)c1ccnc2ccc(C(C)C)cc12.C#C[C@@H]1CCCN1C(=O)CNC(=O)c1ccnc2cccc(C(C)C)c12. The van der Waals surface area contributed by atoms with Crippen molar-refractivity contribution in [1.82, 2.24) is 45.6 Å². The Morgan fingerprint density at radius 3 is 1.40 bits per heavy atom. The molecule has 3 atom stereocenters. The summed E-state index contributed by atoms with van der Waals surface area (Å²) in [5.41, 5.74) is 7.30. The summed E-state index contributed by atoms with van der Waals surface area (Å²) in [6.07, 6.45) is 26.5. The first-order valence-electron chi connectivity index (χ1n) is 26.8. The van der Waals surface area contributed by atoms with Crippen LogP contribution in [0.2, 0.25) is 0 Å². The summed E-state index contributed by atoms with van der Waals surface area (Å²) in [7, 11) is 0. The van der Waals surface area contributed by atoms with Crippen LogP contribution in [0.4, 0.5) is 0 Å². The fraction of sp³-hybridized carbons (Fsp3) is 0.381. The van der Waals surface area contributed by atoms with E-state index in [1.54, 1.807) is 51.5 Å². The summed E-state index contributed by atoms with van der Waals surface area (Å²) in [5.74, 6) is 7.69. The zero-order valence-corrected chi connectivity index (χ0v) is 45.5. The third-order valence-electron chi connectivity index (χ3n) is 14.5. The highest BCUT2D eigenvalue weighted by molar-refractivity contribution is 6.09. The third-order valence-corrected chi connectivity index (χ3v) is 14.5. The van der Waals surface area contributed by atoms with Gasteiger partial charge in [0.1, 0.15) is 0 Å². The van der Waals surface area contributed by atoms with Crippen molar-refractivity contribution in [3.8, 4) is 37.0 Å². The van der Waals surface area contributed by atoms with E-state index in [2.05, 4.69) is 90.2 Å². The highest BCUT2D eigenvalue weighted by Gasteiger charge is 2.30. The molecule has 0 aliphatic carbocycles. The molecule has 3 saturated heterocycles. The number of nitrogens with one attached hydrogen (secondary N) is 3. The van der Waals surface area contributed by atoms with Crippen LogP contribution in [0.15, 0.2) is 91.4 Å². The van der Waals surface area contributed by atoms with Gasteiger partial charge in [0, 0.05) is 54.4 Å². The van der Waals surface area contributed by atoms with E-state index in [9.17, 15) is 28.8 Å². The van der Waals surface area contributed by atoms with Crippen LogP contribution < -0.4 is 16.0 Å². The van der Waals surface area contributed by atoms with Crippen molar-refractivity contribution in [3.63, 3.8) is 0 Å². The molecule has 15 heteroatoms. The summed E-state index contributed by atoms with van der Waals surface area (Å²) >= 11 is 0. The minimum atomic E-state index is -0.278. The van der Waals surface area contributed by atoms with Crippen molar-refractivity contribution >= 4 is 68.2 Å². The van der Waals surface area contributed by atoms with E-state index in [4.69, 9.17) is 19.3 Å². The van der Waals surface area contributed by atoms with Crippen LogP contribution in [0, 0.1) is 37.0 Å². The Hall–Kier alpha value is -8.61. The molecule has 78 heavy (non-hydrogen) atoms. The van der Waals surface area contributed by atoms with Crippen LogP contribution in [0.3, 0.4) is 0 Å². The van der Waals surface area contributed by atoms with Crippen molar-refractivity contribution in [3.05, 3.63) is 125 Å². The molecule has 0 spiro atoms. The fourth-order valence-corrected chi connectivity index (χ4v) is 10.1. The smallest absolute Gasteiger partial charge is 0.252 e. The molecule has 6 aromatic rings. The lowest BCUT2D eigenvalue weighted by molar-refractivity contribution is -0.130. The molecule has 0 radical (unpaired) electrons. The first-order chi connectivity index (χ1) is 37.5. The number of rotatable bonds is 12. The van der Waals surface area contributed by atoms with Gasteiger partial charge in [-0.15, -0.1) is 19.3 Å². The number of hydrogen-bond acceptors (Lipinski definition) is 9. The number of likely N-dealkylation sites (tertiary alicyclic amines) is 3. The number of fused-ring (bicyclic) bond motifs is 3. The Labute approximate surface area is 457 Å². The second-order valence-electron chi connectivity index (χ2n) is 20.6. The van der Waals surface area contributed by atoms with Gasteiger partial charge in [0.2, 0.25) is 17.7 Å². The van der Waals surface area contributed by atoms with Crippen molar-refractivity contribution < 1.29 is 28.8 Å². The minimum Gasteiger partial charge on any atom is -0.343 e. The molecule has 3 aromatic carbocycles. The molecule has 3 aliphatic heterocycles. The van der Waals surface area contributed by atoms with Crippen LogP contribution in [0.25, 0.3) is 32.7 Å². The highest BCUT2D eigenvalue weighted by Crippen LogP contribution is 2.28. The maximum absolute atomic E-state index is 12.8. The van der Waals surface area contributed by atoms with E-state index in [1.165, 1.54) is 5.56 Å². The topological polar surface area (TPSA) is 187 Å². The van der Waals surface area contributed by atoms with Gasteiger partial charge in [-0.2, -0.15) is 0 Å². The van der Waals surface area contributed by atoms with Crippen LogP contribution in [-0.2, 0) is 14.4 Å². The van der Waals surface area contributed by atoms with Crippen molar-refractivity contribution in [2.75, 3.05) is 39.3 Å². The van der Waals surface area contributed by atoms with E-state index < -0.39 is 0 Å². The largest absolute Gasteiger partial charge is 0.343 e. The lowest BCUT2D eigenvalue weighted by atomic mass is 9.95. The molecule has 3 aliphatic rings. The zero-order chi connectivity index (χ0) is 56.0. The third kappa shape index (κ3) is 13.5. The molecule has 6 amide bonds. The highest BCUT2D eigenvalue weighted by atomic mass is 16.2. The number of amides is 6. The Morgan fingerprint density at radius 1 is 0.500 bits per heavy atom. The number of terminal acetylenes is 3. The quantitative estimate of drug-likeness (QED) is 0.102. The number of benzene rings is 3. The molecule has 0 saturated carbocycles. The molecular weight excluding hydrogens is 979 g/mol. The van der Waals surface area contributed by atoms with E-state index in [0.717, 1.165) is 82.4 Å². The second-order valence-corrected chi connectivity index (χ2v) is 20.6. The Kier molecular flexibility index (Phi) is 19.4. The van der Waals surface area contributed by atoms with E-state index in [0.29, 0.717) is 48.2 Å². The van der Waals surface area contributed by atoms with Gasteiger partial charge in [0.25, 0.3) is 17.7 Å². The minimum absolute atomic E-state index is 0.0507. The van der Waals surface area contributed by atoms with Crippen LogP contribution in [0.5, 0.6) is 0 Å². The summed E-state index contributed by atoms with van der Waals surface area (Å²) in [4.78, 5) is 93.2. The van der Waals surface area contributed by atoms with Crippen LogP contribution in [-0.4, -0.2) is 122 Å². The predicted molar refractivity (Wildman–Crippen MR) is 305 cm³/mol. The van der Waals surface area contributed by atoms with Gasteiger partial charge in [-0.3, -0.25) is 43.7 Å². The average Bonchev–Trinajstić information content (AvgIpc) is 4.32. The predicted octanol–water partition coefficient (Wildman–Crippen LogP) is 8.14. The average molecular weight is 1050 g/mol. The first kappa shape index (κ1) is 57.1. The standard InChI is InChI=1S/3C21H23N3O2/c1-4-15-7-6-12-24(15)19(25)13-23-21(26)17-10-11-22-18-9-5-8-16(14(2)3)20(17)18;1-4-16-6-5-11-24(16)20(25)13-23-21(26)17-9-10-22-19-8-7-15(14(2)3)12-18(17)19;1-4-16-6-5-11-24(16)20(25)13-23-21(26)18-9-10-22-19-12-15(14(2)3)7-8-17(18)19/h1,5,8-11,14-15H,6-7,12-13H2,2-3H3,(H,23,26);2*1,7-10,12,14,16H,5-6,11,13H2,2-3H3,(H,23,26)/t15-;2*16-/m111/s1. The van der Waals surface area contributed by atoms with E-state index >= 15 is 0 Å². The first-order valence-corrected chi connectivity index (χ1v) is 26.8. The molecule has 0 unspecified atom stereocenters. The summed E-state index contributed by atoms with van der Waals surface area (Å²) < 4.78 is 0. The van der Waals surface area contributed by atoms with E-state index in [1.807, 2.05) is 54.6 Å². The molecule has 15 nitrogen and oxygen atoms in total. The monoisotopic (exact) mass is 1050 g/mol. The molecule has 6 heterocycles. The molecule has 9 rings (SSSR count). The van der Waals surface area contributed by atoms with Gasteiger partial charge in [-0.1, -0.05) is 89.6 Å². The Morgan fingerprint density at radius 2 is 0.923 bits per heavy atom. The van der Waals surface area contributed by atoms with Gasteiger partial charge >= 0.3 is 0 Å². The van der Waals surface area contributed by atoms with Gasteiger partial charge < -0.3 is 30.7 Å². The summed E-state index contributed by atoms with van der Waals surface area (Å²) in [6, 6.07) is 22.3. The zero-order valence-electron chi connectivity index (χ0n) is 45.5. The number of nitrogens with zero attached hydrogens (tertiary/aromatic N) is 6. The Bertz CT molecular complexity index is 3340. The van der Waals surface area contributed by atoms with Crippen LogP contribution >= 0.6 is 0 Å². The molecule has 3 fully saturated rings. The summed E-state index contributed by atoms with van der Waals surface area (Å²) in [5, 5.41) is 10.6. The van der Waals surface area contributed by atoms with Crippen molar-refractivity contribution in [2.45, 2.75) is 116 Å². The van der Waals surface area contributed by atoms with Gasteiger partial charge in [0.05, 0.1) is 71.0 Å². The molecule has 3 N–H and O–H groups in total. The van der Waals surface area contributed by atoms with Gasteiger partial charge in [-0.05, 0) is 115 Å². The lowest BCUT2D eigenvalue weighted by Gasteiger charge is -2.21. The normalized spacial score (nSPS) is 16.7. The van der Waals surface area contributed by atoms with Crippen molar-refractivity contribution in [2.24, 2.45) is 0 Å². The van der Waals surface area contributed by atoms with E-state index in [-0.39, 0.29) is 79.1 Å². The number of carbonyl (C=O) groups excluding carboxylic acids is 6. The van der Waals surface area contributed by atoms with Gasteiger partial charge in [0.15, 0.2) is 0 Å².